The summed E-state index contributed by atoms with van der Waals surface area (Å²) in [6.45, 7) is 1.12. The highest BCUT2D eigenvalue weighted by Gasteiger charge is 2.12. The van der Waals surface area contributed by atoms with Crippen molar-refractivity contribution >= 4 is 11.0 Å². The molecule has 0 spiro atoms. The van der Waals surface area contributed by atoms with Crippen LogP contribution in [-0.2, 0) is 13.0 Å². The Labute approximate surface area is 83.6 Å². The average molecular weight is 185 g/mol. The number of nitrogens with zero attached hydrogens (tertiary/aromatic N) is 2. The molecule has 14 heavy (non-hydrogen) atoms. The van der Waals surface area contributed by atoms with Crippen LogP contribution in [0.3, 0.4) is 0 Å². The van der Waals surface area contributed by atoms with E-state index >= 15 is 0 Å². The lowest BCUT2D eigenvalue weighted by molar-refractivity contribution is 0.647. The van der Waals surface area contributed by atoms with Crippen molar-refractivity contribution in [3.8, 4) is 0 Å². The first-order valence-corrected chi connectivity index (χ1v) is 5.31. The van der Waals surface area contributed by atoms with Gasteiger partial charge < -0.3 is 4.57 Å². The van der Waals surface area contributed by atoms with Crippen LogP contribution in [0, 0.1) is 6.07 Å². The van der Waals surface area contributed by atoms with Crippen molar-refractivity contribution in [1.29, 1.82) is 0 Å². The van der Waals surface area contributed by atoms with Crippen molar-refractivity contribution < 1.29 is 0 Å². The van der Waals surface area contributed by atoms with Gasteiger partial charge in [-0.05, 0) is 18.9 Å². The minimum atomic E-state index is 1.10. The van der Waals surface area contributed by atoms with Crippen molar-refractivity contribution in [3.05, 3.63) is 30.1 Å². The maximum absolute atomic E-state index is 4.64. The number of hydrogen-bond acceptors (Lipinski definition) is 1. The largest absolute Gasteiger partial charge is 0.327 e. The number of fused-ring (bicyclic) bond motifs is 3. The van der Waals surface area contributed by atoms with Gasteiger partial charge in [-0.15, -0.1) is 0 Å². The molecule has 1 aliphatic heterocycles. The van der Waals surface area contributed by atoms with E-state index in [1.165, 1.54) is 30.6 Å². The Bertz CT molecular complexity index is 456. The second-order valence-corrected chi connectivity index (χ2v) is 3.89. The number of imidazole rings is 1. The highest BCUT2D eigenvalue weighted by atomic mass is 15.1. The minimum absolute atomic E-state index is 1.10. The third-order valence-corrected chi connectivity index (χ3v) is 2.93. The van der Waals surface area contributed by atoms with Crippen molar-refractivity contribution in [3.63, 3.8) is 0 Å². The normalized spacial score (nSPS) is 16.6. The van der Waals surface area contributed by atoms with Gasteiger partial charge in [0.25, 0.3) is 0 Å². The van der Waals surface area contributed by atoms with Crippen LogP contribution in [0.15, 0.2) is 18.2 Å². The van der Waals surface area contributed by atoms with Crippen molar-refractivity contribution in [2.75, 3.05) is 0 Å². The molecule has 0 bridgehead atoms. The Kier molecular flexibility index (Phi) is 1.79. The lowest BCUT2D eigenvalue weighted by Gasteiger charge is -2.02. The van der Waals surface area contributed by atoms with Gasteiger partial charge in [0.2, 0.25) is 0 Å². The van der Waals surface area contributed by atoms with E-state index in [4.69, 9.17) is 0 Å². The summed E-state index contributed by atoms with van der Waals surface area (Å²) in [5.41, 5.74) is 2.29. The van der Waals surface area contributed by atoms with Gasteiger partial charge in [0.15, 0.2) is 0 Å². The predicted molar refractivity (Wildman–Crippen MR) is 56.1 cm³/mol. The monoisotopic (exact) mass is 185 g/mol. The summed E-state index contributed by atoms with van der Waals surface area (Å²) in [5, 5.41) is 0. The molecule has 0 amide bonds. The molecule has 0 N–H and O–H groups in total. The van der Waals surface area contributed by atoms with Gasteiger partial charge >= 0.3 is 0 Å². The van der Waals surface area contributed by atoms with Crippen molar-refractivity contribution in [1.82, 2.24) is 9.55 Å². The predicted octanol–water partition coefficient (Wildman–Crippen LogP) is 2.56. The number of rotatable bonds is 0. The van der Waals surface area contributed by atoms with Crippen LogP contribution in [0.2, 0.25) is 0 Å². The number of aryl methyl sites for hydroxylation is 2. The fourth-order valence-electron chi connectivity index (χ4n) is 2.22. The molecule has 0 saturated carbocycles. The van der Waals surface area contributed by atoms with Gasteiger partial charge in [0, 0.05) is 19.0 Å². The first kappa shape index (κ1) is 8.04. The molecule has 2 heterocycles. The summed E-state index contributed by atoms with van der Waals surface area (Å²) in [6, 6.07) is 9.35. The Hall–Kier alpha value is -1.31. The quantitative estimate of drug-likeness (QED) is 0.616. The SMILES string of the molecule is [c]1cccc2nc3n(c12)CCCCC3. The molecule has 71 valence electrons. The standard InChI is InChI=1S/C12H13N2/c1-2-8-12-13-10-6-3-4-7-11(10)14(12)9-5-1/h3-4,6H,1-2,5,8-9H2. The van der Waals surface area contributed by atoms with E-state index in [1.54, 1.807) is 0 Å². The zero-order valence-electron chi connectivity index (χ0n) is 8.16. The lowest BCUT2D eigenvalue weighted by Crippen LogP contribution is -1.99. The van der Waals surface area contributed by atoms with E-state index in [0.717, 1.165) is 18.5 Å². The summed E-state index contributed by atoms with van der Waals surface area (Å²) in [7, 11) is 0. The highest BCUT2D eigenvalue weighted by molar-refractivity contribution is 5.75. The smallest absolute Gasteiger partial charge is 0.109 e. The van der Waals surface area contributed by atoms with Crippen LogP contribution in [0.25, 0.3) is 11.0 Å². The highest BCUT2D eigenvalue weighted by Crippen LogP contribution is 2.20. The summed E-state index contributed by atoms with van der Waals surface area (Å²) < 4.78 is 2.34. The van der Waals surface area contributed by atoms with E-state index < -0.39 is 0 Å². The molecule has 1 aliphatic rings. The third kappa shape index (κ3) is 1.14. The van der Waals surface area contributed by atoms with Crippen molar-refractivity contribution in [2.24, 2.45) is 0 Å². The van der Waals surface area contributed by atoms with Gasteiger partial charge in [0.1, 0.15) is 5.82 Å². The fraction of sp³-hybridized carbons (Fsp3) is 0.417. The summed E-state index contributed by atoms with van der Waals surface area (Å²) in [4.78, 5) is 4.64. The molecule has 1 aromatic heterocycles. The van der Waals surface area contributed by atoms with E-state index in [-0.39, 0.29) is 0 Å². The molecular weight excluding hydrogens is 172 g/mol. The van der Waals surface area contributed by atoms with Crippen LogP contribution in [0.5, 0.6) is 0 Å². The number of para-hydroxylation sites is 1. The topological polar surface area (TPSA) is 17.8 Å². The van der Waals surface area contributed by atoms with Crippen LogP contribution < -0.4 is 0 Å². The first-order chi connectivity index (χ1) is 6.95. The zero-order valence-corrected chi connectivity index (χ0v) is 8.16. The Morgan fingerprint density at radius 3 is 3.29 bits per heavy atom. The number of aromatic nitrogens is 2. The zero-order chi connectivity index (χ0) is 9.38. The molecule has 1 aromatic carbocycles. The minimum Gasteiger partial charge on any atom is -0.327 e. The lowest BCUT2D eigenvalue weighted by atomic mass is 10.2. The van der Waals surface area contributed by atoms with Crippen LogP contribution >= 0.6 is 0 Å². The van der Waals surface area contributed by atoms with Gasteiger partial charge in [-0.3, -0.25) is 0 Å². The van der Waals surface area contributed by atoms with Gasteiger partial charge in [-0.2, -0.15) is 0 Å². The molecule has 2 heteroatoms. The molecule has 0 fully saturated rings. The van der Waals surface area contributed by atoms with Gasteiger partial charge in [-0.25, -0.2) is 4.98 Å². The molecule has 0 aliphatic carbocycles. The summed E-state index contributed by atoms with van der Waals surface area (Å²) in [5.74, 6) is 1.25. The maximum atomic E-state index is 4.64. The Morgan fingerprint density at radius 1 is 1.29 bits per heavy atom. The third-order valence-electron chi connectivity index (χ3n) is 2.93. The number of benzene rings is 1. The molecule has 2 aromatic rings. The van der Waals surface area contributed by atoms with Crippen LogP contribution in [-0.4, -0.2) is 9.55 Å². The molecular formula is C12H13N2. The number of hydrogen-bond donors (Lipinski definition) is 0. The van der Waals surface area contributed by atoms with E-state index in [1.807, 2.05) is 12.1 Å². The molecule has 2 nitrogen and oxygen atoms in total. The van der Waals surface area contributed by atoms with Crippen LogP contribution in [0.4, 0.5) is 0 Å². The average Bonchev–Trinajstić information content (AvgIpc) is 2.42. The Morgan fingerprint density at radius 2 is 2.29 bits per heavy atom. The summed E-state index contributed by atoms with van der Waals surface area (Å²) >= 11 is 0. The molecule has 0 saturated heterocycles. The summed E-state index contributed by atoms with van der Waals surface area (Å²) in [6.07, 6.45) is 5.02. The molecule has 0 atom stereocenters. The van der Waals surface area contributed by atoms with E-state index in [0.29, 0.717) is 0 Å². The van der Waals surface area contributed by atoms with Gasteiger partial charge in [0.05, 0.1) is 11.0 Å². The molecule has 1 radical (unpaired) electrons. The Balaban J connectivity index is 2.24. The van der Waals surface area contributed by atoms with Crippen LogP contribution in [0.1, 0.15) is 25.1 Å². The molecule has 0 unspecified atom stereocenters. The van der Waals surface area contributed by atoms with E-state index in [9.17, 15) is 0 Å². The first-order valence-electron chi connectivity index (χ1n) is 5.31. The van der Waals surface area contributed by atoms with Crippen molar-refractivity contribution in [2.45, 2.75) is 32.2 Å². The molecule has 3 rings (SSSR count). The van der Waals surface area contributed by atoms with E-state index in [2.05, 4.69) is 21.7 Å². The second kappa shape index (κ2) is 3.12. The fourth-order valence-corrected chi connectivity index (χ4v) is 2.22. The second-order valence-electron chi connectivity index (χ2n) is 3.89. The van der Waals surface area contributed by atoms with Gasteiger partial charge in [-0.1, -0.05) is 18.6 Å². The maximum Gasteiger partial charge on any atom is 0.109 e.